The van der Waals surface area contributed by atoms with Gasteiger partial charge in [0.25, 0.3) is 0 Å². The van der Waals surface area contributed by atoms with Crippen molar-refractivity contribution < 1.29 is 4.74 Å². The first-order valence-corrected chi connectivity index (χ1v) is 7.55. The maximum Gasteiger partial charge on any atom is 0.191 e. The number of guanidine groups is 1. The van der Waals surface area contributed by atoms with E-state index >= 15 is 0 Å². The first-order valence-electron chi connectivity index (χ1n) is 7.55. The minimum atomic E-state index is 0. The molecule has 1 aliphatic heterocycles. The van der Waals surface area contributed by atoms with Crippen molar-refractivity contribution in [3.05, 3.63) is 35.4 Å². The van der Waals surface area contributed by atoms with Crippen LogP contribution in [0.25, 0.3) is 0 Å². The second kappa shape index (κ2) is 11.2. The fourth-order valence-corrected chi connectivity index (χ4v) is 2.26. The lowest BCUT2D eigenvalue weighted by Gasteiger charge is -2.26. The molecule has 7 heteroatoms. The standard InChI is InChI=1S/C16H23N5O.HI/c1-18-16(19-6-7-21-8-10-22-11-9-21)20-13-15-4-2-14(12-17)3-5-15;/h2-5H,6-11,13H2,1H3,(H2,18,19,20);1H. The molecule has 0 bridgehead atoms. The Labute approximate surface area is 154 Å². The Morgan fingerprint density at radius 1 is 1.26 bits per heavy atom. The SMILES string of the molecule is CN=C(NCCN1CCOCC1)NCc1ccc(C#N)cc1.I. The van der Waals surface area contributed by atoms with Gasteiger partial charge in [-0.1, -0.05) is 12.1 Å². The second-order valence-electron chi connectivity index (χ2n) is 5.12. The van der Waals surface area contributed by atoms with Gasteiger partial charge in [0.2, 0.25) is 0 Å². The molecule has 1 aliphatic rings. The third kappa shape index (κ3) is 7.16. The van der Waals surface area contributed by atoms with Gasteiger partial charge in [-0.25, -0.2) is 0 Å². The Bertz CT molecular complexity index is 520. The first-order chi connectivity index (χ1) is 10.8. The highest BCUT2D eigenvalue weighted by Gasteiger charge is 2.09. The maximum atomic E-state index is 8.78. The topological polar surface area (TPSA) is 72.7 Å². The van der Waals surface area contributed by atoms with Gasteiger partial charge in [0.1, 0.15) is 0 Å². The molecule has 1 aromatic carbocycles. The molecule has 0 spiro atoms. The van der Waals surface area contributed by atoms with Gasteiger partial charge in [-0.05, 0) is 17.7 Å². The lowest BCUT2D eigenvalue weighted by atomic mass is 10.1. The van der Waals surface area contributed by atoms with E-state index in [1.54, 1.807) is 7.05 Å². The molecular weight excluding hydrogens is 405 g/mol. The molecule has 0 aliphatic carbocycles. The van der Waals surface area contributed by atoms with Crippen molar-refractivity contribution in [2.24, 2.45) is 4.99 Å². The predicted octanol–water partition coefficient (Wildman–Crippen LogP) is 1.17. The Morgan fingerprint density at radius 2 is 1.96 bits per heavy atom. The zero-order valence-corrected chi connectivity index (χ0v) is 15.7. The molecule has 0 radical (unpaired) electrons. The highest BCUT2D eigenvalue weighted by molar-refractivity contribution is 14.0. The van der Waals surface area contributed by atoms with Crippen LogP contribution in [-0.2, 0) is 11.3 Å². The highest BCUT2D eigenvalue weighted by Crippen LogP contribution is 2.02. The summed E-state index contributed by atoms with van der Waals surface area (Å²) in [6, 6.07) is 9.67. The van der Waals surface area contributed by atoms with Gasteiger partial charge in [0, 0.05) is 39.8 Å². The number of nitrogens with one attached hydrogen (secondary N) is 2. The Hall–Kier alpha value is -1.37. The number of halogens is 1. The summed E-state index contributed by atoms with van der Waals surface area (Å²) in [6.07, 6.45) is 0. The highest BCUT2D eigenvalue weighted by atomic mass is 127. The van der Waals surface area contributed by atoms with Crippen molar-refractivity contribution in [3.63, 3.8) is 0 Å². The molecule has 126 valence electrons. The quantitative estimate of drug-likeness (QED) is 0.418. The first kappa shape index (κ1) is 19.7. The molecule has 23 heavy (non-hydrogen) atoms. The van der Waals surface area contributed by atoms with Gasteiger partial charge in [0.15, 0.2) is 5.96 Å². The molecule has 0 amide bonds. The summed E-state index contributed by atoms with van der Waals surface area (Å²) in [5.41, 5.74) is 1.80. The summed E-state index contributed by atoms with van der Waals surface area (Å²) < 4.78 is 5.33. The van der Waals surface area contributed by atoms with E-state index in [4.69, 9.17) is 10.00 Å². The Morgan fingerprint density at radius 3 is 2.57 bits per heavy atom. The monoisotopic (exact) mass is 429 g/mol. The third-order valence-corrected chi connectivity index (χ3v) is 3.59. The normalized spacial score (nSPS) is 15.4. The minimum Gasteiger partial charge on any atom is -0.379 e. The van der Waals surface area contributed by atoms with E-state index in [2.05, 4.69) is 26.6 Å². The molecule has 0 saturated carbocycles. The second-order valence-corrected chi connectivity index (χ2v) is 5.12. The summed E-state index contributed by atoms with van der Waals surface area (Å²) in [6.45, 7) is 6.17. The van der Waals surface area contributed by atoms with E-state index in [-0.39, 0.29) is 24.0 Å². The Balaban J connectivity index is 0.00000264. The molecule has 6 nitrogen and oxygen atoms in total. The van der Waals surface area contributed by atoms with Crippen molar-refractivity contribution in [2.45, 2.75) is 6.54 Å². The maximum absolute atomic E-state index is 8.78. The van der Waals surface area contributed by atoms with E-state index in [0.717, 1.165) is 50.9 Å². The zero-order valence-electron chi connectivity index (χ0n) is 13.4. The van der Waals surface area contributed by atoms with Gasteiger partial charge in [-0.15, -0.1) is 24.0 Å². The van der Waals surface area contributed by atoms with Gasteiger partial charge in [0.05, 0.1) is 24.8 Å². The fourth-order valence-electron chi connectivity index (χ4n) is 2.26. The van der Waals surface area contributed by atoms with Crippen molar-refractivity contribution >= 4 is 29.9 Å². The molecule has 2 N–H and O–H groups in total. The molecule has 0 unspecified atom stereocenters. The predicted molar refractivity (Wildman–Crippen MR) is 102 cm³/mol. The van der Waals surface area contributed by atoms with Gasteiger partial charge < -0.3 is 15.4 Å². The van der Waals surface area contributed by atoms with Crippen molar-refractivity contribution in [2.75, 3.05) is 46.4 Å². The summed E-state index contributed by atoms with van der Waals surface area (Å²) in [5.74, 6) is 0.789. The largest absolute Gasteiger partial charge is 0.379 e. The van der Waals surface area contributed by atoms with Crippen LogP contribution in [-0.4, -0.2) is 57.3 Å². The van der Waals surface area contributed by atoms with Gasteiger partial charge in [-0.2, -0.15) is 5.26 Å². The zero-order chi connectivity index (χ0) is 15.6. The van der Waals surface area contributed by atoms with Crippen LogP contribution in [0.4, 0.5) is 0 Å². The van der Waals surface area contributed by atoms with Crippen molar-refractivity contribution in [1.29, 1.82) is 5.26 Å². The molecule has 1 aromatic rings. The summed E-state index contributed by atoms with van der Waals surface area (Å²) in [4.78, 5) is 6.60. The van der Waals surface area contributed by atoms with E-state index in [9.17, 15) is 0 Å². The van der Waals surface area contributed by atoms with Gasteiger partial charge in [-0.3, -0.25) is 9.89 Å². The average Bonchev–Trinajstić information content (AvgIpc) is 2.59. The lowest BCUT2D eigenvalue weighted by Crippen LogP contribution is -2.44. The van der Waals surface area contributed by atoms with Crippen molar-refractivity contribution in [1.82, 2.24) is 15.5 Å². The third-order valence-electron chi connectivity index (χ3n) is 3.59. The van der Waals surface area contributed by atoms with Crippen molar-refractivity contribution in [3.8, 4) is 6.07 Å². The minimum absolute atomic E-state index is 0. The van der Waals surface area contributed by atoms with Crippen LogP contribution in [0.2, 0.25) is 0 Å². The van der Waals surface area contributed by atoms with E-state index in [1.807, 2.05) is 24.3 Å². The number of ether oxygens (including phenoxy) is 1. The van der Waals surface area contributed by atoms with E-state index < -0.39 is 0 Å². The number of hydrogen-bond acceptors (Lipinski definition) is 4. The molecule has 1 fully saturated rings. The summed E-state index contributed by atoms with van der Waals surface area (Å²) in [5, 5.41) is 15.4. The van der Waals surface area contributed by atoms with Crippen LogP contribution in [0.5, 0.6) is 0 Å². The molecule has 2 rings (SSSR count). The number of aliphatic imine (C=N–C) groups is 1. The smallest absolute Gasteiger partial charge is 0.191 e. The average molecular weight is 429 g/mol. The number of rotatable bonds is 5. The van der Waals surface area contributed by atoms with E-state index in [0.29, 0.717) is 12.1 Å². The van der Waals surface area contributed by atoms with Crippen LogP contribution < -0.4 is 10.6 Å². The number of hydrogen-bond donors (Lipinski definition) is 2. The number of morpholine rings is 1. The van der Waals surface area contributed by atoms with Crippen LogP contribution in [0, 0.1) is 11.3 Å². The van der Waals surface area contributed by atoms with Crippen LogP contribution in [0.1, 0.15) is 11.1 Å². The molecule has 1 saturated heterocycles. The molecule has 0 aromatic heterocycles. The van der Waals surface area contributed by atoms with E-state index in [1.165, 1.54) is 0 Å². The number of nitriles is 1. The molecule has 1 heterocycles. The van der Waals surface area contributed by atoms with Crippen LogP contribution in [0.3, 0.4) is 0 Å². The van der Waals surface area contributed by atoms with Crippen LogP contribution in [0.15, 0.2) is 29.3 Å². The van der Waals surface area contributed by atoms with Crippen LogP contribution >= 0.6 is 24.0 Å². The summed E-state index contributed by atoms with van der Waals surface area (Å²) in [7, 11) is 1.77. The number of benzene rings is 1. The Kier molecular flexibility index (Phi) is 9.59. The fraction of sp³-hybridized carbons (Fsp3) is 0.500. The van der Waals surface area contributed by atoms with Gasteiger partial charge >= 0.3 is 0 Å². The molecule has 0 atom stereocenters. The number of nitrogens with zero attached hydrogens (tertiary/aromatic N) is 3. The lowest BCUT2D eigenvalue weighted by molar-refractivity contribution is 0.0389. The molecular formula is C16H24IN5O. The summed E-state index contributed by atoms with van der Waals surface area (Å²) >= 11 is 0.